The molecule has 1 aliphatic rings. The van der Waals surface area contributed by atoms with Gasteiger partial charge in [0.25, 0.3) is 0 Å². The van der Waals surface area contributed by atoms with Crippen molar-refractivity contribution in [2.24, 2.45) is 5.92 Å². The Labute approximate surface area is 195 Å². The van der Waals surface area contributed by atoms with E-state index in [1.54, 1.807) is 36.4 Å². The molecule has 1 atom stereocenters. The zero-order valence-corrected chi connectivity index (χ0v) is 20.2. The van der Waals surface area contributed by atoms with Crippen LogP contribution in [0.25, 0.3) is 0 Å². The standard InChI is InChI=1S/C24H31N3O5S/c1-16(2)18-7-12-22(32-4)23(14-18)33(30,31)27-13-5-6-19(15-27)24(29)26-21-10-8-20(9-11-21)25-17(3)28/h7-12,14,16,19H,5-6,13,15H2,1-4H3,(H,25,28)(H,26,29)/t19-/m1/s1. The first-order valence-corrected chi connectivity index (χ1v) is 12.4. The normalized spacial score (nSPS) is 16.9. The van der Waals surface area contributed by atoms with E-state index in [0.717, 1.165) is 5.56 Å². The monoisotopic (exact) mass is 473 g/mol. The van der Waals surface area contributed by atoms with E-state index in [-0.39, 0.29) is 29.2 Å². The molecule has 0 aliphatic carbocycles. The third kappa shape index (κ3) is 5.91. The molecule has 0 aromatic heterocycles. The average Bonchev–Trinajstić information content (AvgIpc) is 2.79. The van der Waals surface area contributed by atoms with Gasteiger partial charge in [0.2, 0.25) is 21.8 Å². The van der Waals surface area contributed by atoms with Gasteiger partial charge in [-0.3, -0.25) is 9.59 Å². The van der Waals surface area contributed by atoms with Crippen LogP contribution in [0.1, 0.15) is 45.1 Å². The molecule has 9 heteroatoms. The number of methoxy groups -OCH3 is 1. The number of carbonyl (C=O) groups is 2. The fourth-order valence-corrected chi connectivity index (χ4v) is 5.57. The summed E-state index contributed by atoms with van der Waals surface area (Å²) in [6.07, 6.45) is 1.19. The summed E-state index contributed by atoms with van der Waals surface area (Å²) >= 11 is 0. The summed E-state index contributed by atoms with van der Waals surface area (Å²) in [6.45, 7) is 5.89. The minimum Gasteiger partial charge on any atom is -0.495 e. The maximum Gasteiger partial charge on any atom is 0.246 e. The van der Waals surface area contributed by atoms with Crippen molar-refractivity contribution in [1.82, 2.24) is 4.31 Å². The Morgan fingerprint density at radius 2 is 1.70 bits per heavy atom. The van der Waals surface area contributed by atoms with E-state index < -0.39 is 15.9 Å². The largest absolute Gasteiger partial charge is 0.495 e. The Hall–Kier alpha value is -2.91. The number of hydrogen-bond donors (Lipinski definition) is 2. The molecule has 1 heterocycles. The predicted molar refractivity (Wildman–Crippen MR) is 128 cm³/mol. The summed E-state index contributed by atoms with van der Waals surface area (Å²) in [7, 11) is -2.38. The van der Waals surface area contributed by atoms with Crippen LogP contribution in [-0.2, 0) is 19.6 Å². The molecule has 3 rings (SSSR count). The van der Waals surface area contributed by atoms with E-state index in [4.69, 9.17) is 4.74 Å². The highest BCUT2D eigenvalue weighted by molar-refractivity contribution is 7.89. The van der Waals surface area contributed by atoms with Crippen LogP contribution in [-0.4, -0.2) is 44.7 Å². The van der Waals surface area contributed by atoms with Crippen LogP contribution in [0.5, 0.6) is 5.75 Å². The molecule has 8 nitrogen and oxygen atoms in total. The minimum atomic E-state index is -3.83. The summed E-state index contributed by atoms with van der Waals surface area (Å²) in [4.78, 5) is 24.2. The van der Waals surface area contributed by atoms with E-state index in [0.29, 0.717) is 36.5 Å². The summed E-state index contributed by atoms with van der Waals surface area (Å²) in [5.41, 5.74) is 2.12. The summed E-state index contributed by atoms with van der Waals surface area (Å²) in [5, 5.41) is 5.52. The number of anilines is 2. The Morgan fingerprint density at radius 3 is 2.27 bits per heavy atom. The summed E-state index contributed by atoms with van der Waals surface area (Å²) in [5.74, 6) is -0.411. The van der Waals surface area contributed by atoms with Crippen molar-refractivity contribution in [3.8, 4) is 5.75 Å². The van der Waals surface area contributed by atoms with Crippen molar-refractivity contribution < 1.29 is 22.7 Å². The third-order valence-corrected chi connectivity index (χ3v) is 7.59. The molecule has 2 N–H and O–H groups in total. The molecule has 2 aromatic rings. The number of rotatable bonds is 7. The molecule has 1 fully saturated rings. The summed E-state index contributed by atoms with van der Waals surface area (Å²) < 4.78 is 33.7. The van der Waals surface area contributed by atoms with Crippen LogP contribution in [0.4, 0.5) is 11.4 Å². The Kier molecular flexibility index (Phi) is 7.76. The van der Waals surface area contributed by atoms with Gasteiger partial charge in [0.15, 0.2) is 0 Å². The van der Waals surface area contributed by atoms with E-state index in [9.17, 15) is 18.0 Å². The van der Waals surface area contributed by atoms with Crippen LogP contribution in [0, 0.1) is 5.92 Å². The van der Waals surface area contributed by atoms with Crippen LogP contribution in [0.15, 0.2) is 47.4 Å². The van der Waals surface area contributed by atoms with Crippen molar-refractivity contribution in [3.05, 3.63) is 48.0 Å². The molecular formula is C24H31N3O5S. The van der Waals surface area contributed by atoms with Gasteiger partial charge < -0.3 is 15.4 Å². The number of sulfonamides is 1. The van der Waals surface area contributed by atoms with Gasteiger partial charge in [-0.25, -0.2) is 8.42 Å². The fourth-order valence-electron chi connectivity index (χ4n) is 3.85. The second kappa shape index (κ2) is 10.4. The Morgan fingerprint density at radius 1 is 1.06 bits per heavy atom. The molecule has 2 amide bonds. The number of carbonyl (C=O) groups excluding carboxylic acids is 2. The topological polar surface area (TPSA) is 105 Å². The molecular weight excluding hydrogens is 442 g/mol. The van der Waals surface area contributed by atoms with Crippen LogP contribution < -0.4 is 15.4 Å². The van der Waals surface area contributed by atoms with Crippen molar-refractivity contribution in [2.75, 3.05) is 30.8 Å². The quantitative estimate of drug-likeness (QED) is 0.636. The Balaban J connectivity index is 1.75. The molecule has 0 radical (unpaired) electrons. The molecule has 1 aliphatic heterocycles. The third-order valence-electron chi connectivity index (χ3n) is 5.70. The van der Waals surface area contributed by atoms with Gasteiger partial charge in [0.1, 0.15) is 10.6 Å². The van der Waals surface area contributed by atoms with Crippen LogP contribution >= 0.6 is 0 Å². The number of hydrogen-bond acceptors (Lipinski definition) is 5. The van der Waals surface area contributed by atoms with Crippen molar-refractivity contribution in [1.29, 1.82) is 0 Å². The molecule has 2 aromatic carbocycles. The van der Waals surface area contributed by atoms with Gasteiger partial charge in [-0.15, -0.1) is 0 Å². The van der Waals surface area contributed by atoms with E-state index in [2.05, 4.69) is 10.6 Å². The highest BCUT2D eigenvalue weighted by Gasteiger charge is 2.35. The zero-order valence-electron chi connectivity index (χ0n) is 19.4. The molecule has 0 bridgehead atoms. The number of piperidine rings is 1. The first kappa shape index (κ1) is 24.7. The minimum absolute atomic E-state index is 0.104. The molecule has 33 heavy (non-hydrogen) atoms. The predicted octanol–water partition coefficient (Wildman–Crippen LogP) is 3.82. The molecule has 0 spiro atoms. The molecule has 178 valence electrons. The van der Waals surface area contributed by atoms with Crippen molar-refractivity contribution >= 4 is 33.2 Å². The van der Waals surface area contributed by atoms with Crippen LogP contribution in [0.3, 0.4) is 0 Å². The second-order valence-corrected chi connectivity index (χ2v) is 10.4. The average molecular weight is 474 g/mol. The van der Waals surface area contributed by atoms with E-state index in [1.165, 1.54) is 18.3 Å². The lowest BCUT2D eigenvalue weighted by Gasteiger charge is -2.31. The van der Waals surface area contributed by atoms with Gasteiger partial charge in [-0.05, 0) is 60.7 Å². The highest BCUT2D eigenvalue weighted by atomic mass is 32.2. The number of nitrogens with zero attached hydrogens (tertiary/aromatic N) is 1. The molecule has 0 saturated carbocycles. The fraction of sp³-hybridized carbons (Fsp3) is 0.417. The van der Waals surface area contributed by atoms with Gasteiger partial charge in [0.05, 0.1) is 13.0 Å². The lowest BCUT2D eigenvalue weighted by Crippen LogP contribution is -2.43. The number of amides is 2. The first-order chi connectivity index (χ1) is 15.6. The van der Waals surface area contributed by atoms with Gasteiger partial charge in [0, 0.05) is 31.4 Å². The molecule has 0 unspecified atom stereocenters. The first-order valence-electron chi connectivity index (χ1n) is 11.0. The lowest BCUT2D eigenvalue weighted by atomic mass is 9.98. The maximum absolute atomic E-state index is 13.5. The molecule has 1 saturated heterocycles. The number of benzene rings is 2. The zero-order chi connectivity index (χ0) is 24.2. The number of ether oxygens (including phenoxy) is 1. The van der Waals surface area contributed by atoms with E-state index in [1.807, 2.05) is 19.9 Å². The Bertz CT molecular complexity index is 1110. The van der Waals surface area contributed by atoms with Crippen LogP contribution in [0.2, 0.25) is 0 Å². The smallest absolute Gasteiger partial charge is 0.246 e. The van der Waals surface area contributed by atoms with E-state index >= 15 is 0 Å². The van der Waals surface area contributed by atoms with Gasteiger partial charge >= 0.3 is 0 Å². The van der Waals surface area contributed by atoms with Crippen molar-refractivity contribution in [3.63, 3.8) is 0 Å². The lowest BCUT2D eigenvalue weighted by molar-refractivity contribution is -0.121. The highest BCUT2D eigenvalue weighted by Crippen LogP contribution is 2.32. The van der Waals surface area contributed by atoms with Crippen molar-refractivity contribution in [2.45, 2.75) is 44.4 Å². The van der Waals surface area contributed by atoms with Gasteiger partial charge in [-0.2, -0.15) is 4.31 Å². The van der Waals surface area contributed by atoms with Gasteiger partial charge in [-0.1, -0.05) is 19.9 Å². The number of nitrogens with one attached hydrogen (secondary N) is 2. The second-order valence-electron chi connectivity index (χ2n) is 8.51. The summed E-state index contributed by atoms with van der Waals surface area (Å²) in [6, 6.07) is 12.0. The maximum atomic E-state index is 13.5. The SMILES string of the molecule is COc1ccc(C(C)C)cc1S(=O)(=O)N1CCC[C@@H](C(=O)Nc2ccc(NC(C)=O)cc2)C1.